The molecule has 1 saturated heterocycles. The van der Waals surface area contributed by atoms with Crippen molar-refractivity contribution in [3.63, 3.8) is 0 Å². The summed E-state index contributed by atoms with van der Waals surface area (Å²) in [6.45, 7) is 2.64. The number of hydrogen-bond acceptors (Lipinski definition) is 5. The molecule has 4 heterocycles. The highest BCUT2D eigenvalue weighted by molar-refractivity contribution is 6.03. The molecule has 0 saturated carbocycles. The number of halogens is 1. The smallest absolute Gasteiger partial charge is 0.244 e. The van der Waals surface area contributed by atoms with Crippen molar-refractivity contribution in [2.75, 3.05) is 26.7 Å². The SMILES string of the molecule is CN1CCC(n2cc(-c3cnc4ccc(CCNC(=O)/C=C\C(=N)n5ccc6ccc(F)cc65)cc4c3)cn2)CC1. The third-order valence-corrected chi connectivity index (χ3v) is 7.76. The van der Waals surface area contributed by atoms with Crippen molar-refractivity contribution in [1.29, 1.82) is 5.41 Å². The molecule has 1 amide bonds. The zero-order valence-corrected chi connectivity index (χ0v) is 22.9. The minimum Gasteiger partial charge on any atom is -0.352 e. The Labute approximate surface area is 237 Å². The summed E-state index contributed by atoms with van der Waals surface area (Å²) in [5.41, 5.74) is 4.69. The predicted octanol–water partition coefficient (Wildman–Crippen LogP) is 5.20. The van der Waals surface area contributed by atoms with Gasteiger partial charge in [-0.25, -0.2) is 4.39 Å². The van der Waals surface area contributed by atoms with Crippen molar-refractivity contribution < 1.29 is 9.18 Å². The number of carbonyl (C=O) groups is 1. The van der Waals surface area contributed by atoms with Crippen LogP contribution in [-0.4, -0.2) is 62.7 Å². The van der Waals surface area contributed by atoms with E-state index in [1.54, 1.807) is 16.8 Å². The van der Waals surface area contributed by atoms with Gasteiger partial charge in [0.2, 0.25) is 5.91 Å². The monoisotopic (exact) mass is 549 g/mol. The third kappa shape index (κ3) is 5.95. The lowest BCUT2D eigenvalue weighted by molar-refractivity contribution is -0.116. The topological polar surface area (TPSA) is 91.8 Å². The van der Waals surface area contributed by atoms with Crippen LogP contribution in [0.2, 0.25) is 0 Å². The fourth-order valence-corrected chi connectivity index (χ4v) is 5.38. The molecule has 3 aromatic heterocycles. The predicted molar refractivity (Wildman–Crippen MR) is 160 cm³/mol. The number of aromatic nitrogens is 4. The number of benzene rings is 2. The van der Waals surface area contributed by atoms with Gasteiger partial charge in [0.15, 0.2) is 0 Å². The summed E-state index contributed by atoms with van der Waals surface area (Å²) in [4.78, 5) is 19.4. The second kappa shape index (κ2) is 11.5. The summed E-state index contributed by atoms with van der Waals surface area (Å²) < 4.78 is 17.3. The molecule has 41 heavy (non-hydrogen) atoms. The second-order valence-electron chi connectivity index (χ2n) is 10.6. The van der Waals surface area contributed by atoms with E-state index < -0.39 is 0 Å². The van der Waals surface area contributed by atoms with Crippen molar-refractivity contribution in [1.82, 2.24) is 29.5 Å². The molecule has 9 heteroatoms. The molecule has 5 aromatic rings. The molecule has 6 rings (SSSR count). The summed E-state index contributed by atoms with van der Waals surface area (Å²) in [6, 6.07) is 15.0. The maximum Gasteiger partial charge on any atom is 0.244 e. The fraction of sp³-hybridized carbons (Fsp3) is 0.250. The van der Waals surface area contributed by atoms with Crippen LogP contribution in [0.4, 0.5) is 4.39 Å². The first-order valence-electron chi connectivity index (χ1n) is 13.9. The van der Waals surface area contributed by atoms with Crippen LogP contribution in [0, 0.1) is 11.2 Å². The van der Waals surface area contributed by atoms with Crippen molar-refractivity contribution in [2.45, 2.75) is 25.3 Å². The Morgan fingerprint density at radius 2 is 1.90 bits per heavy atom. The largest absolute Gasteiger partial charge is 0.352 e. The van der Waals surface area contributed by atoms with Crippen molar-refractivity contribution in [3.8, 4) is 11.1 Å². The molecule has 0 bridgehead atoms. The van der Waals surface area contributed by atoms with Crippen molar-refractivity contribution in [3.05, 3.63) is 96.9 Å². The van der Waals surface area contributed by atoms with Gasteiger partial charge in [-0.05, 0) is 93.5 Å². The molecule has 1 aliphatic heterocycles. The second-order valence-corrected chi connectivity index (χ2v) is 10.6. The Bertz CT molecular complexity index is 1760. The number of rotatable bonds is 7. The summed E-state index contributed by atoms with van der Waals surface area (Å²) in [6.07, 6.45) is 13.3. The first kappa shape index (κ1) is 26.6. The summed E-state index contributed by atoms with van der Waals surface area (Å²) >= 11 is 0. The van der Waals surface area contributed by atoms with Gasteiger partial charge in [-0.15, -0.1) is 0 Å². The Morgan fingerprint density at radius 3 is 2.76 bits per heavy atom. The Kier molecular flexibility index (Phi) is 7.43. The highest BCUT2D eigenvalue weighted by atomic mass is 19.1. The molecule has 208 valence electrons. The number of fused-ring (bicyclic) bond motifs is 2. The molecule has 1 fully saturated rings. The molecular weight excluding hydrogens is 517 g/mol. The quantitative estimate of drug-likeness (QED) is 0.166. The zero-order chi connectivity index (χ0) is 28.3. The van der Waals surface area contributed by atoms with Gasteiger partial charge in [0.25, 0.3) is 0 Å². The minimum atomic E-state index is -0.369. The van der Waals surface area contributed by atoms with E-state index in [4.69, 9.17) is 5.41 Å². The highest BCUT2D eigenvalue weighted by Gasteiger charge is 2.19. The first-order valence-corrected chi connectivity index (χ1v) is 13.9. The number of nitrogens with one attached hydrogen (secondary N) is 2. The number of hydrogen-bond donors (Lipinski definition) is 2. The van der Waals surface area contributed by atoms with E-state index in [2.05, 4.69) is 50.4 Å². The van der Waals surface area contributed by atoms with Gasteiger partial charge in [0.1, 0.15) is 11.7 Å². The van der Waals surface area contributed by atoms with Gasteiger partial charge >= 0.3 is 0 Å². The van der Waals surface area contributed by atoms with E-state index in [-0.39, 0.29) is 17.6 Å². The molecule has 1 aliphatic rings. The number of likely N-dealkylation sites (tertiary alicyclic amines) is 1. The standard InChI is InChI=1S/C32H32FN7O/c1-38-13-10-28(11-14-38)40-21-26(20-37-40)25-17-24-16-22(2-5-29(24)36-19-25)8-12-35-32(41)7-6-31(34)39-15-9-23-3-4-27(33)18-30(23)39/h2-7,9,15-21,28,34H,8,10-14H2,1H3,(H,35,41)/b7-6-,34-31?. The summed E-state index contributed by atoms with van der Waals surface area (Å²) in [5, 5.41) is 17.7. The number of allylic oxidation sites excluding steroid dienone is 1. The zero-order valence-electron chi connectivity index (χ0n) is 22.9. The molecule has 0 radical (unpaired) electrons. The van der Waals surface area contributed by atoms with E-state index >= 15 is 0 Å². The average molecular weight is 550 g/mol. The Hall–Kier alpha value is -4.63. The van der Waals surface area contributed by atoms with Crippen LogP contribution in [0.15, 0.2) is 85.5 Å². The molecule has 2 aromatic carbocycles. The molecular formula is C32H32FN7O. The average Bonchev–Trinajstić information content (AvgIpc) is 3.64. The van der Waals surface area contributed by atoms with Crippen LogP contribution in [0.5, 0.6) is 0 Å². The lowest BCUT2D eigenvalue weighted by Gasteiger charge is -2.28. The van der Waals surface area contributed by atoms with Crippen LogP contribution in [-0.2, 0) is 11.2 Å². The van der Waals surface area contributed by atoms with Gasteiger partial charge in [-0.1, -0.05) is 6.07 Å². The molecule has 2 N–H and O–H groups in total. The first-order chi connectivity index (χ1) is 19.9. The Balaban J connectivity index is 1.06. The normalized spacial score (nSPS) is 14.8. The van der Waals surface area contributed by atoms with Crippen LogP contribution >= 0.6 is 0 Å². The fourth-order valence-electron chi connectivity index (χ4n) is 5.38. The van der Waals surface area contributed by atoms with E-state index in [1.165, 1.54) is 24.3 Å². The van der Waals surface area contributed by atoms with E-state index in [0.29, 0.717) is 24.5 Å². The maximum atomic E-state index is 13.6. The molecule has 8 nitrogen and oxygen atoms in total. The van der Waals surface area contributed by atoms with E-state index in [1.807, 2.05) is 30.6 Å². The minimum absolute atomic E-state index is 0.0791. The van der Waals surface area contributed by atoms with Crippen LogP contribution in [0.3, 0.4) is 0 Å². The number of carbonyl (C=O) groups excluding carboxylic acids is 1. The van der Waals surface area contributed by atoms with E-state index in [9.17, 15) is 9.18 Å². The molecule has 0 atom stereocenters. The molecule has 0 unspecified atom stereocenters. The maximum absolute atomic E-state index is 13.6. The highest BCUT2D eigenvalue weighted by Crippen LogP contribution is 2.27. The van der Waals surface area contributed by atoms with Crippen LogP contribution in [0.25, 0.3) is 32.9 Å². The van der Waals surface area contributed by atoms with Gasteiger partial charge in [-0.3, -0.25) is 19.9 Å². The van der Waals surface area contributed by atoms with Gasteiger partial charge in [-0.2, -0.15) is 5.10 Å². The van der Waals surface area contributed by atoms with Crippen LogP contribution < -0.4 is 5.32 Å². The molecule has 0 aliphatic carbocycles. The molecule has 0 spiro atoms. The number of pyridine rings is 1. The lowest BCUT2D eigenvalue weighted by Crippen LogP contribution is -2.31. The lowest BCUT2D eigenvalue weighted by atomic mass is 10.0. The third-order valence-electron chi connectivity index (χ3n) is 7.76. The van der Waals surface area contributed by atoms with Gasteiger partial charge in [0.05, 0.1) is 23.3 Å². The summed E-state index contributed by atoms with van der Waals surface area (Å²) in [5.74, 6) is -0.578. The number of nitrogens with zero attached hydrogens (tertiary/aromatic N) is 5. The number of amides is 1. The van der Waals surface area contributed by atoms with Gasteiger partial charge in [0, 0.05) is 53.1 Å². The van der Waals surface area contributed by atoms with Crippen LogP contribution in [0.1, 0.15) is 24.4 Å². The summed E-state index contributed by atoms with van der Waals surface area (Å²) in [7, 11) is 2.16. The Morgan fingerprint density at radius 1 is 1.05 bits per heavy atom. The van der Waals surface area contributed by atoms with E-state index in [0.717, 1.165) is 58.9 Å². The van der Waals surface area contributed by atoms with Crippen molar-refractivity contribution in [2.24, 2.45) is 0 Å². The number of piperidine rings is 1. The van der Waals surface area contributed by atoms with Crippen molar-refractivity contribution >= 4 is 33.5 Å². The van der Waals surface area contributed by atoms with Gasteiger partial charge < -0.3 is 14.8 Å².